The number of sulfonamides is 1. The highest BCUT2D eigenvalue weighted by Gasteiger charge is 2.25. The first kappa shape index (κ1) is 15.8. The quantitative estimate of drug-likeness (QED) is 0.882. The Bertz CT molecular complexity index is 489. The molecular weight excluding hydrogens is 294 g/mol. The number of hydrogen-bond acceptors (Lipinski definition) is 5. The van der Waals surface area contributed by atoms with Gasteiger partial charge in [0.1, 0.15) is 0 Å². The van der Waals surface area contributed by atoms with Gasteiger partial charge in [-0.2, -0.15) is 0 Å². The summed E-state index contributed by atoms with van der Waals surface area (Å²) in [6, 6.07) is 0.387. The van der Waals surface area contributed by atoms with E-state index < -0.39 is 10.0 Å². The smallest absolute Gasteiger partial charge is 0.251 e. The summed E-state index contributed by atoms with van der Waals surface area (Å²) in [4.78, 5) is 3.98. The number of piperidine rings is 1. The van der Waals surface area contributed by atoms with E-state index in [2.05, 4.69) is 21.9 Å². The van der Waals surface area contributed by atoms with Gasteiger partial charge in [-0.25, -0.2) is 18.1 Å². The van der Waals surface area contributed by atoms with Crippen molar-refractivity contribution < 1.29 is 8.42 Å². The molecule has 0 bridgehead atoms. The van der Waals surface area contributed by atoms with Crippen LogP contribution >= 0.6 is 23.7 Å². The third-order valence-corrected chi connectivity index (χ3v) is 5.70. The van der Waals surface area contributed by atoms with E-state index >= 15 is 0 Å². The second-order valence-electron chi connectivity index (χ2n) is 4.40. The standard InChI is InChI=1S/C10H17N3O2S2.ClH/c1-7-5-9(3-4-11-7)13-17(14,15)10-6-12-8(2)16-10;/h6-7,9,11,13H,3-5H2,1-2H3;1H. The number of aromatic nitrogens is 1. The predicted octanol–water partition coefficient (Wildman–Crippen LogP) is 1.29. The summed E-state index contributed by atoms with van der Waals surface area (Å²) in [5.41, 5.74) is 0. The molecule has 0 amide bonds. The summed E-state index contributed by atoms with van der Waals surface area (Å²) in [6.07, 6.45) is 3.09. The van der Waals surface area contributed by atoms with Gasteiger partial charge in [-0.3, -0.25) is 0 Å². The molecule has 2 atom stereocenters. The van der Waals surface area contributed by atoms with Crippen molar-refractivity contribution >= 4 is 33.8 Å². The van der Waals surface area contributed by atoms with Crippen molar-refractivity contribution in [1.29, 1.82) is 0 Å². The first-order valence-electron chi connectivity index (χ1n) is 5.65. The predicted molar refractivity (Wildman–Crippen MR) is 74.9 cm³/mol. The van der Waals surface area contributed by atoms with Gasteiger partial charge in [0.05, 0.1) is 11.2 Å². The highest BCUT2D eigenvalue weighted by Crippen LogP contribution is 2.19. The highest BCUT2D eigenvalue weighted by atomic mass is 35.5. The lowest BCUT2D eigenvalue weighted by Gasteiger charge is -2.28. The topological polar surface area (TPSA) is 71.1 Å². The van der Waals surface area contributed by atoms with Crippen LogP contribution in [0.1, 0.15) is 24.8 Å². The third kappa shape index (κ3) is 3.89. The van der Waals surface area contributed by atoms with Crippen LogP contribution in [-0.2, 0) is 10.0 Å². The molecule has 0 radical (unpaired) electrons. The van der Waals surface area contributed by atoms with E-state index in [9.17, 15) is 8.42 Å². The van der Waals surface area contributed by atoms with E-state index in [1.807, 2.05) is 0 Å². The second-order valence-corrected chi connectivity index (χ2v) is 7.57. The molecule has 1 aromatic heterocycles. The maximum atomic E-state index is 12.1. The summed E-state index contributed by atoms with van der Waals surface area (Å²) in [6.45, 7) is 4.73. The van der Waals surface area contributed by atoms with Crippen molar-refractivity contribution in [3.63, 3.8) is 0 Å². The van der Waals surface area contributed by atoms with Crippen LogP contribution in [-0.4, -0.2) is 32.0 Å². The summed E-state index contributed by atoms with van der Waals surface area (Å²) in [7, 11) is -3.38. The molecular formula is C10H18ClN3O2S2. The van der Waals surface area contributed by atoms with Gasteiger partial charge in [0.15, 0.2) is 4.21 Å². The molecule has 0 saturated carbocycles. The summed E-state index contributed by atoms with van der Waals surface area (Å²) in [5.74, 6) is 0. The monoisotopic (exact) mass is 311 g/mol. The van der Waals surface area contributed by atoms with Gasteiger partial charge in [-0.15, -0.1) is 23.7 Å². The van der Waals surface area contributed by atoms with Crippen LogP contribution in [0.3, 0.4) is 0 Å². The van der Waals surface area contributed by atoms with E-state index in [4.69, 9.17) is 0 Å². The first-order chi connectivity index (χ1) is 7.97. The van der Waals surface area contributed by atoms with Crippen molar-refractivity contribution in [2.24, 2.45) is 0 Å². The van der Waals surface area contributed by atoms with Gasteiger partial charge in [-0.1, -0.05) is 0 Å². The van der Waals surface area contributed by atoms with E-state index in [0.29, 0.717) is 10.3 Å². The lowest BCUT2D eigenvalue weighted by Crippen LogP contribution is -2.46. The van der Waals surface area contributed by atoms with Crippen LogP contribution in [0.5, 0.6) is 0 Å². The number of aryl methyl sites for hydroxylation is 1. The molecule has 1 fully saturated rings. The Kier molecular flexibility index (Phi) is 5.54. The molecule has 1 aromatic rings. The fourth-order valence-corrected chi connectivity index (χ4v) is 4.39. The Morgan fingerprint density at radius 2 is 2.28 bits per heavy atom. The minimum Gasteiger partial charge on any atom is -0.314 e. The first-order valence-corrected chi connectivity index (χ1v) is 7.95. The fraction of sp³-hybridized carbons (Fsp3) is 0.700. The Labute approximate surface area is 118 Å². The molecule has 0 spiro atoms. The lowest BCUT2D eigenvalue weighted by molar-refractivity contribution is 0.361. The largest absolute Gasteiger partial charge is 0.314 e. The summed E-state index contributed by atoms with van der Waals surface area (Å²) < 4.78 is 27.2. The summed E-state index contributed by atoms with van der Waals surface area (Å²) in [5, 5.41) is 4.06. The number of thiazole rings is 1. The molecule has 0 aromatic carbocycles. The van der Waals surface area contributed by atoms with Crippen molar-refractivity contribution in [3.05, 3.63) is 11.2 Å². The van der Waals surface area contributed by atoms with Crippen LogP contribution in [0, 0.1) is 6.92 Å². The number of nitrogens with zero attached hydrogens (tertiary/aromatic N) is 1. The van der Waals surface area contributed by atoms with Gasteiger partial charge in [0.25, 0.3) is 10.0 Å². The second kappa shape index (κ2) is 6.29. The zero-order valence-corrected chi connectivity index (χ0v) is 12.8. The average molecular weight is 312 g/mol. The van der Waals surface area contributed by atoms with Crippen LogP contribution < -0.4 is 10.0 Å². The molecule has 104 valence electrons. The zero-order chi connectivity index (χ0) is 12.5. The minimum absolute atomic E-state index is 0. The molecule has 5 nitrogen and oxygen atoms in total. The Hall–Kier alpha value is -0.210. The SMILES string of the molecule is Cc1ncc(S(=O)(=O)NC2CCNC(C)C2)s1.Cl. The molecule has 8 heteroatoms. The molecule has 18 heavy (non-hydrogen) atoms. The van der Waals surface area contributed by atoms with E-state index in [0.717, 1.165) is 24.4 Å². The molecule has 1 saturated heterocycles. The van der Waals surface area contributed by atoms with Crippen LogP contribution in [0.2, 0.25) is 0 Å². The molecule has 0 aliphatic carbocycles. The third-order valence-electron chi connectivity index (χ3n) is 2.81. The van der Waals surface area contributed by atoms with Crippen molar-refractivity contribution in [2.75, 3.05) is 6.54 Å². The van der Waals surface area contributed by atoms with E-state index in [1.54, 1.807) is 6.92 Å². The van der Waals surface area contributed by atoms with E-state index in [-0.39, 0.29) is 18.4 Å². The van der Waals surface area contributed by atoms with Crippen molar-refractivity contribution in [3.8, 4) is 0 Å². The number of halogens is 1. The number of nitrogens with one attached hydrogen (secondary N) is 2. The average Bonchev–Trinajstić information content (AvgIpc) is 2.65. The van der Waals surface area contributed by atoms with Gasteiger partial charge < -0.3 is 5.32 Å². The molecule has 2 unspecified atom stereocenters. The normalized spacial score (nSPS) is 24.6. The highest BCUT2D eigenvalue weighted by molar-refractivity contribution is 7.91. The van der Waals surface area contributed by atoms with Gasteiger partial charge in [-0.05, 0) is 33.2 Å². The lowest BCUT2D eigenvalue weighted by atomic mass is 10.0. The molecule has 2 N–H and O–H groups in total. The van der Waals surface area contributed by atoms with Crippen LogP contribution in [0.4, 0.5) is 0 Å². The Morgan fingerprint density at radius 3 is 2.83 bits per heavy atom. The van der Waals surface area contributed by atoms with Gasteiger partial charge >= 0.3 is 0 Å². The van der Waals surface area contributed by atoms with Crippen LogP contribution in [0.25, 0.3) is 0 Å². The Morgan fingerprint density at radius 1 is 1.56 bits per heavy atom. The molecule has 2 heterocycles. The number of hydrogen-bond donors (Lipinski definition) is 2. The zero-order valence-electron chi connectivity index (χ0n) is 10.3. The van der Waals surface area contributed by atoms with E-state index in [1.165, 1.54) is 17.5 Å². The summed E-state index contributed by atoms with van der Waals surface area (Å²) >= 11 is 1.21. The fourth-order valence-electron chi connectivity index (χ4n) is 1.98. The maximum Gasteiger partial charge on any atom is 0.251 e. The minimum atomic E-state index is -3.38. The Balaban J connectivity index is 0.00000162. The molecule has 1 aliphatic rings. The number of rotatable bonds is 3. The van der Waals surface area contributed by atoms with Gasteiger partial charge in [0.2, 0.25) is 0 Å². The molecule has 2 rings (SSSR count). The van der Waals surface area contributed by atoms with Crippen molar-refractivity contribution in [1.82, 2.24) is 15.0 Å². The maximum absolute atomic E-state index is 12.1. The molecule has 1 aliphatic heterocycles. The van der Waals surface area contributed by atoms with Crippen LogP contribution in [0.15, 0.2) is 10.4 Å². The van der Waals surface area contributed by atoms with Gasteiger partial charge in [0, 0.05) is 12.1 Å². The van der Waals surface area contributed by atoms with Crippen molar-refractivity contribution in [2.45, 2.75) is 43.0 Å².